The van der Waals surface area contributed by atoms with Crippen molar-refractivity contribution < 1.29 is 12.8 Å². The molecule has 0 aliphatic heterocycles. The van der Waals surface area contributed by atoms with Crippen molar-refractivity contribution in [1.29, 1.82) is 5.26 Å². The number of thioether (sulfide) groups is 2. The Bertz CT molecular complexity index is 1240. The molecule has 4 nitrogen and oxygen atoms in total. The summed E-state index contributed by atoms with van der Waals surface area (Å²) in [7, 11) is -4.04. The summed E-state index contributed by atoms with van der Waals surface area (Å²) in [4.78, 5) is 0.647. The zero-order valence-electron chi connectivity index (χ0n) is 16.6. The van der Waals surface area contributed by atoms with Crippen molar-refractivity contribution in [2.45, 2.75) is 15.5 Å². The maximum Gasteiger partial charge on any atom is 0.219 e. The Morgan fingerprint density at radius 2 is 1.77 bits per heavy atom. The number of nitrogens with zero attached hydrogens (tertiary/aromatic N) is 1. The first-order chi connectivity index (χ1) is 14.9. The van der Waals surface area contributed by atoms with Crippen LogP contribution in [-0.4, -0.2) is 14.7 Å². The second kappa shape index (κ2) is 10.5. The number of allylic oxidation sites excluding steroid dienone is 1. The number of nitriles is 1. The molecule has 0 amide bonds. The minimum atomic E-state index is -4.04. The zero-order chi connectivity index (χ0) is 22.3. The summed E-state index contributed by atoms with van der Waals surface area (Å²) in [6.07, 6.45) is 1.94. The third-order valence-electron chi connectivity index (χ3n) is 4.23. The first kappa shape index (κ1) is 22.9. The molecule has 0 aliphatic rings. The van der Waals surface area contributed by atoms with E-state index in [1.54, 1.807) is 48.2 Å². The highest BCUT2D eigenvalue weighted by Crippen LogP contribution is 2.32. The molecule has 0 fully saturated rings. The van der Waals surface area contributed by atoms with Gasteiger partial charge in [-0.1, -0.05) is 36.4 Å². The molecule has 0 spiro atoms. The van der Waals surface area contributed by atoms with Crippen molar-refractivity contribution >= 4 is 39.0 Å². The Hall–Kier alpha value is -2.73. The number of rotatable bonds is 8. The summed E-state index contributed by atoms with van der Waals surface area (Å²) in [6.45, 7) is 0. The van der Waals surface area contributed by atoms with Gasteiger partial charge in [0, 0.05) is 16.3 Å². The summed E-state index contributed by atoms with van der Waals surface area (Å²) in [6, 6.07) is 23.2. The number of benzene rings is 3. The van der Waals surface area contributed by atoms with E-state index in [0.717, 1.165) is 16.7 Å². The van der Waals surface area contributed by atoms with E-state index >= 15 is 0 Å². The van der Waals surface area contributed by atoms with Crippen molar-refractivity contribution in [3.05, 3.63) is 100 Å². The summed E-state index contributed by atoms with van der Waals surface area (Å²) in [5.74, 6) is -0.0840. The molecule has 3 aromatic carbocycles. The fourth-order valence-corrected chi connectivity index (χ4v) is 5.71. The predicted molar refractivity (Wildman–Crippen MR) is 126 cm³/mol. The largest absolute Gasteiger partial charge is 0.349 e. The first-order valence-corrected chi connectivity index (χ1v) is 12.9. The van der Waals surface area contributed by atoms with Gasteiger partial charge >= 0.3 is 0 Å². The van der Waals surface area contributed by atoms with Crippen LogP contribution in [-0.2, 0) is 15.6 Å². The lowest BCUT2D eigenvalue weighted by atomic mass is 10.2. The third-order valence-corrected chi connectivity index (χ3v) is 7.88. The van der Waals surface area contributed by atoms with Crippen LogP contribution in [0.25, 0.3) is 0 Å². The molecule has 3 rings (SSSR count). The summed E-state index contributed by atoms with van der Waals surface area (Å²) in [5.41, 5.74) is 1.33. The van der Waals surface area contributed by atoms with E-state index in [4.69, 9.17) is 0 Å². The lowest BCUT2D eigenvalue weighted by Crippen LogP contribution is -2.10. The predicted octanol–water partition coefficient (Wildman–Crippen LogP) is 6.06. The van der Waals surface area contributed by atoms with Crippen LogP contribution in [0.1, 0.15) is 5.56 Å². The van der Waals surface area contributed by atoms with Crippen LogP contribution >= 0.6 is 23.5 Å². The topological polar surface area (TPSA) is 70.0 Å². The molecule has 0 atom stereocenters. The van der Waals surface area contributed by atoms with Gasteiger partial charge in [-0.3, -0.25) is 0 Å². The number of hydrogen-bond acceptors (Lipinski definition) is 6. The Morgan fingerprint density at radius 1 is 1.03 bits per heavy atom. The SMILES string of the molecule is CSc1cccc(N/C(SCc2cccc(F)c2)=C(/C#N)S(=O)(=O)c2ccccc2)c1. The number of nitrogens with one attached hydrogen (secondary N) is 1. The van der Waals surface area contributed by atoms with Crippen LogP contribution < -0.4 is 5.32 Å². The maximum atomic E-state index is 13.6. The first-order valence-electron chi connectivity index (χ1n) is 9.17. The number of hydrogen-bond donors (Lipinski definition) is 1. The number of sulfone groups is 1. The van der Waals surface area contributed by atoms with E-state index in [0.29, 0.717) is 11.3 Å². The van der Waals surface area contributed by atoms with Gasteiger partial charge in [-0.2, -0.15) is 5.26 Å². The Labute approximate surface area is 190 Å². The Morgan fingerprint density at radius 3 is 2.45 bits per heavy atom. The number of halogens is 1. The van der Waals surface area contributed by atoms with Gasteiger partial charge in [0.25, 0.3) is 0 Å². The van der Waals surface area contributed by atoms with Gasteiger partial charge in [0.2, 0.25) is 9.84 Å². The van der Waals surface area contributed by atoms with Crippen LogP contribution in [0.3, 0.4) is 0 Å². The normalized spacial score (nSPS) is 12.0. The van der Waals surface area contributed by atoms with Crippen LogP contribution in [0, 0.1) is 17.1 Å². The molecule has 31 heavy (non-hydrogen) atoms. The molecule has 0 saturated heterocycles. The standard InChI is InChI=1S/C23H19FN2O2S3/c1-29-20-10-6-9-19(14-20)26-23(30-16-17-7-5-8-18(24)13-17)22(15-25)31(27,28)21-11-3-2-4-12-21/h2-14,26H,16H2,1H3/b23-22+. The van der Waals surface area contributed by atoms with Crippen molar-refractivity contribution in [3.63, 3.8) is 0 Å². The molecule has 0 aromatic heterocycles. The Balaban J connectivity index is 2.04. The van der Waals surface area contributed by atoms with Gasteiger partial charge in [-0.05, 0) is 54.3 Å². The fourth-order valence-electron chi connectivity index (χ4n) is 2.72. The van der Waals surface area contributed by atoms with Crippen LogP contribution in [0.5, 0.6) is 0 Å². The highest BCUT2D eigenvalue weighted by Gasteiger charge is 2.25. The van der Waals surface area contributed by atoms with E-state index < -0.39 is 9.84 Å². The van der Waals surface area contributed by atoms with Crippen molar-refractivity contribution in [2.75, 3.05) is 11.6 Å². The van der Waals surface area contributed by atoms with E-state index in [1.165, 1.54) is 24.3 Å². The molecule has 3 aromatic rings. The average molecular weight is 471 g/mol. The highest BCUT2D eigenvalue weighted by molar-refractivity contribution is 8.04. The Kier molecular flexibility index (Phi) is 7.80. The van der Waals surface area contributed by atoms with Crippen LogP contribution in [0.4, 0.5) is 10.1 Å². The molecule has 8 heteroatoms. The zero-order valence-corrected chi connectivity index (χ0v) is 19.0. The van der Waals surface area contributed by atoms with E-state index in [-0.39, 0.29) is 26.4 Å². The summed E-state index contributed by atoms with van der Waals surface area (Å²) in [5, 5.41) is 13.1. The molecule has 0 unspecified atom stereocenters. The quantitative estimate of drug-likeness (QED) is 0.319. The molecule has 0 saturated carbocycles. The van der Waals surface area contributed by atoms with Crippen LogP contribution in [0.2, 0.25) is 0 Å². The van der Waals surface area contributed by atoms with Gasteiger partial charge in [-0.25, -0.2) is 12.8 Å². The van der Waals surface area contributed by atoms with Crippen molar-refractivity contribution in [1.82, 2.24) is 0 Å². The molecule has 0 radical (unpaired) electrons. The molecule has 0 heterocycles. The van der Waals surface area contributed by atoms with Gasteiger partial charge in [0.15, 0.2) is 4.91 Å². The van der Waals surface area contributed by atoms with E-state index in [2.05, 4.69) is 5.32 Å². The van der Waals surface area contributed by atoms with Gasteiger partial charge in [0.05, 0.1) is 4.90 Å². The lowest BCUT2D eigenvalue weighted by Gasteiger charge is -2.14. The molecule has 0 bridgehead atoms. The second-order valence-corrected chi connectivity index (χ2v) is 10.1. The monoisotopic (exact) mass is 470 g/mol. The second-order valence-electron chi connectivity index (χ2n) is 6.36. The fraction of sp³-hybridized carbons (Fsp3) is 0.0870. The molecular weight excluding hydrogens is 451 g/mol. The highest BCUT2D eigenvalue weighted by atomic mass is 32.2. The van der Waals surface area contributed by atoms with Crippen molar-refractivity contribution in [2.24, 2.45) is 0 Å². The van der Waals surface area contributed by atoms with Crippen LogP contribution in [0.15, 0.2) is 98.6 Å². The summed E-state index contributed by atoms with van der Waals surface area (Å²) >= 11 is 2.69. The smallest absolute Gasteiger partial charge is 0.219 e. The van der Waals surface area contributed by atoms with Gasteiger partial charge in [0.1, 0.15) is 16.9 Å². The number of anilines is 1. The summed E-state index contributed by atoms with van der Waals surface area (Å²) < 4.78 is 39.9. The van der Waals surface area contributed by atoms with E-state index in [1.807, 2.05) is 30.5 Å². The van der Waals surface area contributed by atoms with Gasteiger partial charge < -0.3 is 5.32 Å². The molecule has 158 valence electrons. The lowest BCUT2D eigenvalue weighted by molar-refractivity contribution is 0.603. The minimum absolute atomic E-state index is 0.0371. The molecule has 0 aliphatic carbocycles. The molecule has 1 N–H and O–H groups in total. The maximum absolute atomic E-state index is 13.6. The molecular formula is C23H19FN2O2S3. The third kappa shape index (κ3) is 5.91. The van der Waals surface area contributed by atoms with Gasteiger partial charge in [-0.15, -0.1) is 23.5 Å². The van der Waals surface area contributed by atoms with E-state index in [9.17, 15) is 18.1 Å². The van der Waals surface area contributed by atoms with Crippen molar-refractivity contribution in [3.8, 4) is 6.07 Å². The minimum Gasteiger partial charge on any atom is -0.349 e. The average Bonchev–Trinajstić information content (AvgIpc) is 2.78.